The largest absolute Gasteiger partial charge is 0.497 e. The maximum atomic E-state index is 13.5. The molecular formula is C17H19F2N3O2. The summed E-state index contributed by atoms with van der Waals surface area (Å²) in [5.41, 5.74) is 6.68. The summed E-state index contributed by atoms with van der Waals surface area (Å²) >= 11 is 0. The van der Waals surface area contributed by atoms with Gasteiger partial charge in [0, 0.05) is 12.6 Å². The molecule has 0 aromatic heterocycles. The molecule has 0 spiro atoms. The second-order valence-corrected chi connectivity index (χ2v) is 4.94. The van der Waals surface area contributed by atoms with Gasteiger partial charge in [0.2, 0.25) is 0 Å². The van der Waals surface area contributed by atoms with Crippen molar-refractivity contribution in [2.24, 2.45) is 10.7 Å². The van der Waals surface area contributed by atoms with Crippen molar-refractivity contribution in [3.8, 4) is 11.5 Å². The van der Waals surface area contributed by atoms with E-state index in [9.17, 15) is 8.78 Å². The Morgan fingerprint density at radius 3 is 2.62 bits per heavy atom. The van der Waals surface area contributed by atoms with Gasteiger partial charge < -0.3 is 20.5 Å². The van der Waals surface area contributed by atoms with E-state index in [1.54, 1.807) is 25.3 Å². The van der Waals surface area contributed by atoms with Gasteiger partial charge in [-0.05, 0) is 42.3 Å². The van der Waals surface area contributed by atoms with E-state index in [1.807, 2.05) is 0 Å². The molecule has 3 N–H and O–H groups in total. The summed E-state index contributed by atoms with van der Waals surface area (Å²) in [7, 11) is 3.09. The molecule has 7 heteroatoms. The van der Waals surface area contributed by atoms with Crippen LogP contribution in [0.4, 0.5) is 14.5 Å². The average Bonchev–Trinajstić information content (AvgIpc) is 2.57. The van der Waals surface area contributed by atoms with Crippen molar-refractivity contribution in [2.75, 3.05) is 26.1 Å². The van der Waals surface area contributed by atoms with Crippen LogP contribution in [0.15, 0.2) is 41.4 Å². The van der Waals surface area contributed by atoms with E-state index in [-0.39, 0.29) is 24.5 Å². The summed E-state index contributed by atoms with van der Waals surface area (Å²) < 4.78 is 37.0. The molecular weight excluding hydrogens is 316 g/mol. The molecule has 0 aliphatic rings. The van der Waals surface area contributed by atoms with Crippen molar-refractivity contribution in [3.05, 3.63) is 53.6 Å². The topological polar surface area (TPSA) is 68.9 Å². The normalized spacial score (nSPS) is 11.2. The van der Waals surface area contributed by atoms with Crippen molar-refractivity contribution in [1.82, 2.24) is 0 Å². The van der Waals surface area contributed by atoms with Crippen molar-refractivity contribution < 1.29 is 18.3 Å². The van der Waals surface area contributed by atoms with E-state index in [0.29, 0.717) is 17.2 Å². The SMILES string of the molecule is COc1ccc(OC)c(NC(N)=NCCc2cc(F)ccc2F)c1. The minimum absolute atomic E-state index is 0.137. The van der Waals surface area contributed by atoms with Gasteiger partial charge in [-0.2, -0.15) is 0 Å². The van der Waals surface area contributed by atoms with Gasteiger partial charge >= 0.3 is 0 Å². The Labute approximate surface area is 139 Å². The van der Waals surface area contributed by atoms with Gasteiger partial charge in [-0.25, -0.2) is 8.78 Å². The molecule has 24 heavy (non-hydrogen) atoms. The van der Waals surface area contributed by atoms with Gasteiger partial charge in [0.25, 0.3) is 0 Å². The third kappa shape index (κ3) is 4.58. The molecule has 5 nitrogen and oxygen atoms in total. The van der Waals surface area contributed by atoms with Gasteiger partial charge in [-0.15, -0.1) is 0 Å². The second kappa shape index (κ2) is 8.14. The summed E-state index contributed by atoms with van der Waals surface area (Å²) in [5.74, 6) is 0.395. The fourth-order valence-electron chi connectivity index (χ4n) is 2.12. The highest BCUT2D eigenvalue weighted by Crippen LogP contribution is 2.28. The Balaban J connectivity index is 2.03. The Hall–Kier alpha value is -2.83. The van der Waals surface area contributed by atoms with E-state index in [0.717, 1.165) is 18.2 Å². The molecule has 0 atom stereocenters. The number of ether oxygens (including phenoxy) is 2. The molecule has 0 fully saturated rings. The van der Waals surface area contributed by atoms with E-state index >= 15 is 0 Å². The predicted molar refractivity (Wildman–Crippen MR) is 89.7 cm³/mol. The smallest absolute Gasteiger partial charge is 0.193 e. The van der Waals surface area contributed by atoms with E-state index < -0.39 is 11.6 Å². The minimum atomic E-state index is -0.484. The lowest BCUT2D eigenvalue weighted by molar-refractivity contribution is 0.405. The van der Waals surface area contributed by atoms with Crippen LogP contribution in [0.1, 0.15) is 5.56 Å². The number of anilines is 1. The standard InChI is InChI=1S/C17H19F2N3O2/c1-23-13-4-6-16(24-2)15(10-13)22-17(20)21-8-7-11-9-12(18)3-5-14(11)19/h3-6,9-10H,7-8H2,1-2H3,(H3,20,21,22). The first kappa shape index (κ1) is 17.5. The van der Waals surface area contributed by atoms with Crippen molar-refractivity contribution in [3.63, 3.8) is 0 Å². The van der Waals surface area contributed by atoms with Crippen LogP contribution in [-0.2, 0) is 6.42 Å². The molecule has 0 aliphatic carbocycles. The van der Waals surface area contributed by atoms with Crippen LogP contribution in [0, 0.1) is 11.6 Å². The average molecular weight is 335 g/mol. The van der Waals surface area contributed by atoms with Gasteiger partial charge in [-0.1, -0.05) is 0 Å². The number of aliphatic imine (C=N–C) groups is 1. The van der Waals surface area contributed by atoms with E-state index in [4.69, 9.17) is 15.2 Å². The number of rotatable bonds is 6. The van der Waals surface area contributed by atoms with E-state index in [1.165, 1.54) is 7.11 Å². The molecule has 0 aliphatic heterocycles. The number of hydrogen-bond donors (Lipinski definition) is 2. The first-order chi connectivity index (χ1) is 11.5. The number of nitrogens with one attached hydrogen (secondary N) is 1. The first-order valence-corrected chi connectivity index (χ1v) is 7.26. The molecule has 0 saturated carbocycles. The maximum Gasteiger partial charge on any atom is 0.193 e. The highest BCUT2D eigenvalue weighted by Gasteiger charge is 2.07. The van der Waals surface area contributed by atoms with Gasteiger partial charge in [0.15, 0.2) is 5.96 Å². The van der Waals surface area contributed by atoms with Crippen molar-refractivity contribution in [2.45, 2.75) is 6.42 Å². The number of guanidine groups is 1. The molecule has 0 bridgehead atoms. The highest BCUT2D eigenvalue weighted by atomic mass is 19.1. The van der Waals surface area contributed by atoms with Crippen LogP contribution in [0.2, 0.25) is 0 Å². The van der Waals surface area contributed by atoms with Crippen LogP contribution in [-0.4, -0.2) is 26.7 Å². The number of nitrogens with zero attached hydrogens (tertiary/aromatic N) is 1. The van der Waals surface area contributed by atoms with Crippen LogP contribution < -0.4 is 20.5 Å². The molecule has 0 radical (unpaired) electrons. The van der Waals surface area contributed by atoms with Gasteiger partial charge in [0.1, 0.15) is 23.1 Å². The summed E-state index contributed by atoms with van der Waals surface area (Å²) in [6, 6.07) is 8.53. The number of benzene rings is 2. The third-order valence-corrected chi connectivity index (χ3v) is 3.34. The highest BCUT2D eigenvalue weighted by molar-refractivity contribution is 5.94. The van der Waals surface area contributed by atoms with Crippen LogP contribution in [0.5, 0.6) is 11.5 Å². The van der Waals surface area contributed by atoms with Crippen LogP contribution >= 0.6 is 0 Å². The molecule has 0 unspecified atom stereocenters. The molecule has 0 heterocycles. The minimum Gasteiger partial charge on any atom is -0.497 e. The van der Waals surface area contributed by atoms with Crippen LogP contribution in [0.25, 0.3) is 0 Å². The number of halogens is 2. The van der Waals surface area contributed by atoms with Crippen molar-refractivity contribution in [1.29, 1.82) is 0 Å². The molecule has 2 aromatic carbocycles. The zero-order chi connectivity index (χ0) is 17.5. The Morgan fingerprint density at radius 1 is 1.12 bits per heavy atom. The molecule has 2 aromatic rings. The zero-order valence-electron chi connectivity index (χ0n) is 13.5. The lowest BCUT2D eigenvalue weighted by Crippen LogP contribution is -2.23. The summed E-state index contributed by atoms with van der Waals surface area (Å²) in [4.78, 5) is 4.11. The number of methoxy groups -OCH3 is 2. The lowest BCUT2D eigenvalue weighted by Gasteiger charge is -2.12. The second-order valence-electron chi connectivity index (χ2n) is 4.94. The third-order valence-electron chi connectivity index (χ3n) is 3.34. The Bertz CT molecular complexity index is 736. The fourth-order valence-corrected chi connectivity index (χ4v) is 2.12. The molecule has 0 amide bonds. The van der Waals surface area contributed by atoms with Gasteiger partial charge in [-0.3, -0.25) is 4.99 Å². The Morgan fingerprint density at radius 2 is 1.92 bits per heavy atom. The monoisotopic (exact) mass is 335 g/mol. The molecule has 128 valence electrons. The first-order valence-electron chi connectivity index (χ1n) is 7.26. The van der Waals surface area contributed by atoms with Crippen LogP contribution in [0.3, 0.4) is 0 Å². The lowest BCUT2D eigenvalue weighted by atomic mass is 10.1. The Kier molecular flexibility index (Phi) is 5.95. The predicted octanol–water partition coefficient (Wildman–Crippen LogP) is 2.95. The number of nitrogens with two attached hydrogens (primary N) is 1. The molecule has 0 saturated heterocycles. The summed E-state index contributed by atoms with van der Waals surface area (Å²) in [5, 5.41) is 2.90. The number of hydrogen-bond acceptors (Lipinski definition) is 3. The quantitative estimate of drug-likeness (QED) is 0.629. The van der Waals surface area contributed by atoms with E-state index in [2.05, 4.69) is 10.3 Å². The van der Waals surface area contributed by atoms with Gasteiger partial charge in [0.05, 0.1) is 19.9 Å². The zero-order valence-corrected chi connectivity index (χ0v) is 13.5. The summed E-state index contributed by atoms with van der Waals surface area (Å²) in [6.45, 7) is 0.214. The fraction of sp³-hybridized carbons (Fsp3) is 0.235. The maximum absolute atomic E-state index is 13.5. The summed E-state index contributed by atoms with van der Waals surface area (Å²) in [6.07, 6.45) is 0.237. The van der Waals surface area contributed by atoms with Crippen molar-refractivity contribution >= 4 is 11.6 Å². The molecule has 2 rings (SSSR count).